The topological polar surface area (TPSA) is 46.5 Å². The number of carbonyl (C=O) groups is 1. The van der Waals surface area contributed by atoms with E-state index in [0.29, 0.717) is 6.61 Å². The molecule has 14 heavy (non-hydrogen) atoms. The molecule has 1 atom stereocenters. The first-order chi connectivity index (χ1) is 6.65. The van der Waals surface area contributed by atoms with Crippen LogP contribution in [0.4, 0.5) is 0 Å². The number of carbonyl (C=O) groups excluding carboxylic acids is 1. The molecule has 0 aliphatic heterocycles. The van der Waals surface area contributed by atoms with E-state index in [1.54, 1.807) is 6.92 Å². The van der Waals surface area contributed by atoms with Crippen LogP contribution in [0.15, 0.2) is 15.9 Å². The van der Waals surface area contributed by atoms with Crippen molar-refractivity contribution >= 4 is 33.2 Å². The summed E-state index contributed by atoms with van der Waals surface area (Å²) in [5, 5.41) is 11.5. The maximum Gasteiger partial charge on any atom is 0.308 e. The van der Waals surface area contributed by atoms with Gasteiger partial charge in [-0.2, -0.15) is 0 Å². The van der Waals surface area contributed by atoms with E-state index in [-0.39, 0.29) is 12.4 Å². The molecular formula is C9H11BrO3S. The number of esters is 1. The van der Waals surface area contributed by atoms with Gasteiger partial charge in [0.15, 0.2) is 0 Å². The van der Waals surface area contributed by atoms with E-state index in [1.165, 1.54) is 11.3 Å². The van der Waals surface area contributed by atoms with Crippen molar-refractivity contribution in [1.82, 2.24) is 0 Å². The zero-order chi connectivity index (χ0) is 10.6. The fraction of sp³-hybridized carbons (Fsp3) is 0.444. The summed E-state index contributed by atoms with van der Waals surface area (Å²) in [6.45, 7) is 2.09. The quantitative estimate of drug-likeness (QED) is 0.861. The second-order valence-electron chi connectivity index (χ2n) is 2.66. The minimum atomic E-state index is -0.775. The molecule has 3 nitrogen and oxygen atoms in total. The lowest BCUT2D eigenvalue weighted by molar-refractivity contribution is -0.145. The third-order valence-electron chi connectivity index (χ3n) is 1.61. The lowest BCUT2D eigenvalue weighted by Gasteiger charge is -2.08. The highest BCUT2D eigenvalue weighted by atomic mass is 79.9. The summed E-state index contributed by atoms with van der Waals surface area (Å²) >= 11 is 4.71. The minimum absolute atomic E-state index is 0.00690. The zero-order valence-electron chi connectivity index (χ0n) is 7.70. The Bertz CT molecular complexity index is 311. The van der Waals surface area contributed by atoms with Crippen LogP contribution in [-0.2, 0) is 9.53 Å². The Kier molecular flexibility index (Phi) is 4.57. The average molecular weight is 279 g/mol. The largest absolute Gasteiger partial charge is 0.466 e. The zero-order valence-corrected chi connectivity index (χ0v) is 10.1. The molecule has 5 heteroatoms. The van der Waals surface area contributed by atoms with Crippen LogP contribution in [0.1, 0.15) is 24.3 Å². The van der Waals surface area contributed by atoms with Gasteiger partial charge in [0, 0.05) is 9.35 Å². The van der Waals surface area contributed by atoms with Crippen LogP contribution >= 0.6 is 27.3 Å². The molecule has 0 bridgehead atoms. The van der Waals surface area contributed by atoms with Crippen molar-refractivity contribution in [3.05, 3.63) is 20.8 Å². The Balaban J connectivity index is 2.54. The van der Waals surface area contributed by atoms with Crippen molar-refractivity contribution in [1.29, 1.82) is 0 Å². The Labute approximate surface area is 94.8 Å². The van der Waals surface area contributed by atoms with Crippen LogP contribution in [0.2, 0.25) is 0 Å². The summed E-state index contributed by atoms with van der Waals surface area (Å²) < 4.78 is 5.57. The van der Waals surface area contributed by atoms with Gasteiger partial charge >= 0.3 is 5.97 Å². The SMILES string of the molecule is CCOC(=O)CC(O)c1sccc1Br. The molecule has 0 spiro atoms. The van der Waals surface area contributed by atoms with E-state index in [2.05, 4.69) is 15.9 Å². The maximum absolute atomic E-state index is 11.1. The number of thiophene rings is 1. The first-order valence-electron chi connectivity index (χ1n) is 4.21. The summed E-state index contributed by atoms with van der Waals surface area (Å²) in [5.74, 6) is -0.375. The van der Waals surface area contributed by atoms with E-state index in [4.69, 9.17) is 4.74 Å². The number of hydrogen-bond acceptors (Lipinski definition) is 4. The lowest BCUT2D eigenvalue weighted by atomic mass is 10.2. The standard InChI is InChI=1S/C9H11BrO3S/c1-2-13-8(12)5-7(11)9-6(10)3-4-14-9/h3-4,7,11H,2,5H2,1H3. The third kappa shape index (κ3) is 3.08. The Morgan fingerprint density at radius 1 is 1.79 bits per heavy atom. The van der Waals surface area contributed by atoms with Crippen molar-refractivity contribution in [3.63, 3.8) is 0 Å². The highest BCUT2D eigenvalue weighted by molar-refractivity contribution is 9.10. The molecule has 1 rings (SSSR count). The van der Waals surface area contributed by atoms with Crippen LogP contribution in [0.25, 0.3) is 0 Å². The van der Waals surface area contributed by atoms with Crippen LogP contribution < -0.4 is 0 Å². The Morgan fingerprint density at radius 3 is 3.00 bits per heavy atom. The number of ether oxygens (including phenoxy) is 1. The molecule has 0 aliphatic rings. The average Bonchev–Trinajstić information content (AvgIpc) is 2.51. The molecule has 1 heterocycles. The summed E-state index contributed by atoms with van der Waals surface area (Å²) in [5.41, 5.74) is 0. The molecule has 0 aliphatic carbocycles. The number of aliphatic hydroxyl groups is 1. The highest BCUT2D eigenvalue weighted by Crippen LogP contribution is 2.30. The first-order valence-corrected chi connectivity index (χ1v) is 5.89. The molecule has 1 aromatic rings. The summed E-state index contributed by atoms with van der Waals surface area (Å²) in [6, 6.07) is 1.84. The first kappa shape index (κ1) is 11.7. The molecule has 0 saturated carbocycles. The molecule has 0 fully saturated rings. The number of halogens is 1. The number of rotatable bonds is 4. The van der Waals surface area contributed by atoms with Crippen molar-refractivity contribution < 1.29 is 14.6 Å². The minimum Gasteiger partial charge on any atom is -0.466 e. The second-order valence-corrected chi connectivity index (χ2v) is 4.46. The van der Waals surface area contributed by atoms with E-state index in [1.807, 2.05) is 11.4 Å². The predicted octanol–water partition coefficient (Wildman–Crippen LogP) is 2.50. The molecular weight excluding hydrogens is 268 g/mol. The Morgan fingerprint density at radius 2 is 2.50 bits per heavy atom. The fourth-order valence-electron chi connectivity index (χ4n) is 1.01. The van der Waals surface area contributed by atoms with E-state index >= 15 is 0 Å². The second kappa shape index (κ2) is 5.48. The van der Waals surface area contributed by atoms with Gasteiger partial charge in [-0.25, -0.2) is 0 Å². The van der Waals surface area contributed by atoms with E-state index in [9.17, 15) is 9.90 Å². The third-order valence-corrected chi connectivity index (χ3v) is 3.58. The monoisotopic (exact) mass is 278 g/mol. The maximum atomic E-state index is 11.1. The van der Waals surface area contributed by atoms with Crippen LogP contribution in [0, 0.1) is 0 Å². The van der Waals surface area contributed by atoms with Gasteiger partial charge in [-0.3, -0.25) is 4.79 Å². The van der Waals surface area contributed by atoms with Gasteiger partial charge in [-0.15, -0.1) is 11.3 Å². The molecule has 1 unspecified atom stereocenters. The van der Waals surface area contributed by atoms with Crippen molar-refractivity contribution in [3.8, 4) is 0 Å². The van der Waals surface area contributed by atoms with Gasteiger partial charge in [0.05, 0.1) is 19.1 Å². The predicted molar refractivity (Wildman–Crippen MR) is 58.2 cm³/mol. The van der Waals surface area contributed by atoms with Gasteiger partial charge in [-0.1, -0.05) is 0 Å². The molecule has 78 valence electrons. The summed E-state index contributed by atoms with van der Waals surface area (Å²) in [7, 11) is 0. The van der Waals surface area contributed by atoms with Gasteiger partial charge in [0.1, 0.15) is 0 Å². The van der Waals surface area contributed by atoms with Crippen molar-refractivity contribution in [2.75, 3.05) is 6.61 Å². The molecule has 1 N–H and O–H groups in total. The van der Waals surface area contributed by atoms with Crippen molar-refractivity contribution in [2.24, 2.45) is 0 Å². The number of aliphatic hydroxyl groups excluding tert-OH is 1. The highest BCUT2D eigenvalue weighted by Gasteiger charge is 2.17. The van der Waals surface area contributed by atoms with Gasteiger partial charge in [0.25, 0.3) is 0 Å². The molecule has 0 saturated heterocycles. The summed E-state index contributed by atoms with van der Waals surface area (Å²) in [4.78, 5) is 11.8. The Hall–Kier alpha value is -0.390. The molecule has 1 aromatic heterocycles. The lowest BCUT2D eigenvalue weighted by Crippen LogP contribution is -2.09. The van der Waals surface area contributed by atoms with Crippen LogP contribution in [0.3, 0.4) is 0 Å². The normalized spacial score (nSPS) is 12.5. The van der Waals surface area contributed by atoms with Crippen LogP contribution in [-0.4, -0.2) is 17.7 Å². The summed E-state index contributed by atoms with van der Waals surface area (Å²) in [6.07, 6.45) is -0.768. The van der Waals surface area contributed by atoms with Crippen LogP contribution in [0.5, 0.6) is 0 Å². The van der Waals surface area contributed by atoms with E-state index in [0.717, 1.165) is 9.35 Å². The fourth-order valence-corrected chi connectivity index (χ4v) is 2.64. The van der Waals surface area contributed by atoms with E-state index < -0.39 is 6.10 Å². The van der Waals surface area contributed by atoms with Crippen molar-refractivity contribution in [2.45, 2.75) is 19.4 Å². The van der Waals surface area contributed by atoms with Gasteiger partial charge < -0.3 is 9.84 Å². The smallest absolute Gasteiger partial charge is 0.308 e. The molecule has 0 radical (unpaired) electrons. The molecule has 0 amide bonds. The molecule has 0 aromatic carbocycles. The van der Waals surface area contributed by atoms with Gasteiger partial charge in [0.2, 0.25) is 0 Å². The van der Waals surface area contributed by atoms with Gasteiger partial charge in [-0.05, 0) is 34.3 Å². The number of hydrogen-bond donors (Lipinski definition) is 1.